The van der Waals surface area contributed by atoms with Crippen molar-refractivity contribution in [3.8, 4) is 11.5 Å². The van der Waals surface area contributed by atoms with Gasteiger partial charge in [-0.3, -0.25) is 14.9 Å². The third-order valence-electron chi connectivity index (χ3n) is 4.82. The number of ketones is 1. The van der Waals surface area contributed by atoms with Crippen LogP contribution in [-0.4, -0.2) is 35.9 Å². The van der Waals surface area contributed by atoms with E-state index in [1.54, 1.807) is 30.5 Å². The predicted octanol–water partition coefficient (Wildman–Crippen LogP) is 3.25. The van der Waals surface area contributed by atoms with Crippen LogP contribution in [-0.2, 0) is 6.42 Å². The van der Waals surface area contributed by atoms with E-state index in [1.807, 2.05) is 6.07 Å². The smallest absolute Gasteiger partial charge is 0.258 e. The fourth-order valence-corrected chi connectivity index (χ4v) is 3.34. The van der Waals surface area contributed by atoms with Crippen LogP contribution in [0.3, 0.4) is 0 Å². The first-order valence-corrected chi connectivity index (χ1v) is 9.04. The summed E-state index contributed by atoms with van der Waals surface area (Å²) in [6, 6.07) is 8.50. The topological polar surface area (TPSA) is 104 Å². The Kier molecular flexibility index (Phi) is 4.99. The van der Waals surface area contributed by atoms with Crippen molar-refractivity contribution in [2.24, 2.45) is 0 Å². The summed E-state index contributed by atoms with van der Waals surface area (Å²) in [5.41, 5.74) is 1.41. The van der Waals surface area contributed by atoms with E-state index in [9.17, 15) is 9.59 Å². The molecule has 2 aromatic heterocycles. The highest BCUT2D eigenvalue weighted by Gasteiger charge is 2.29. The number of anilines is 1. The Morgan fingerprint density at radius 1 is 1.17 bits per heavy atom. The first-order chi connectivity index (χ1) is 14.1. The lowest BCUT2D eigenvalue weighted by molar-refractivity contribution is 0.0958. The molecule has 1 aliphatic carbocycles. The third kappa shape index (κ3) is 3.82. The van der Waals surface area contributed by atoms with Gasteiger partial charge in [-0.05, 0) is 24.3 Å². The molecule has 1 amide bonds. The van der Waals surface area contributed by atoms with Crippen molar-refractivity contribution in [3.63, 3.8) is 0 Å². The highest BCUT2D eigenvalue weighted by molar-refractivity contribution is 6.04. The molecule has 4 rings (SSSR count). The molecule has 1 N–H and O–H groups in total. The second kappa shape index (κ2) is 7.75. The van der Waals surface area contributed by atoms with Gasteiger partial charge in [-0.25, -0.2) is 9.97 Å². The number of amides is 1. The molecule has 1 aromatic carbocycles. The zero-order valence-corrected chi connectivity index (χ0v) is 16.0. The van der Waals surface area contributed by atoms with Gasteiger partial charge in [-0.2, -0.15) is 0 Å². The number of carbonyl (C=O) groups is 2. The molecular weight excluding hydrogens is 374 g/mol. The summed E-state index contributed by atoms with van der Waals surface area (Å²) in [6.45, 7) is 0. The van der Waals surface area contributed by atoms with Crippen LogP contribution in [0.5, 0.6) is 11.5 Å². The van der Waals surface area contributed by atoms with E-state index in [2.05, 4.69) is 15.3 Å². The number of rotatable bonds is 5. The molecule has 0 saturated carbocycles. The molecule has 148 valence electrons. The number of ether oxygens (including phenoxy) is 2. The van der Waals surface area contributed by atoms with Crippen molar-refractivity contribution in [3.05, 3.63) is 65.4 Å². The zero-order valence-electron chi connectivity index (χ0n) is 16.0. The number of fused-ring (bicyclic) bond motifs is 1. The molecule has 0 aliphatic heterocycles. The number of Topliss-reactive ketones (excluding diaryl/α,β-unsaturated/α-hetero) is 1. The van der Waals surface area contributed by atoms with E-state index in [4.69, 9.17) is 13.9 Å². The Labute approximate surface area is 166 Å². The van der Waals surface area contributed by atoms with Gasteiger partial charge in [0.25, 0.3) is 5.91 Å². The Bertz CT molecular complexity index is 1040. The van der Waals surface area contributed by atoms with Gasteiger partial charge in [0, 0.05) is 36.6 Å². The Morgan fingerprint density at radius 2 is 1.93 bits per heavy atom. The molecular formula is C21H19N3O5. The normalized spacial score (nSPS) is 15.5. The molecule has 0 radical (unpaired) electrons. The zero-order chi connectivity index (χ0) is 20.4. The fraction of sp³-hybridized carbons (Fsp3) is 0.238. The van der Waals surface area contributed by atoms with Crippen LogP contribution in [0.25, 0.3) is 0 Å². The third-order valence-corrected chi connectivity index (χ3v) is 4.82. The van der Waals surface area contributed by atoms with Crippen LogP contribution in [0.2, 0.25) is 0 Å². The summed E-state index contributed by atoms with van der Waals surface area (Å²) in [5.74, 6) is 1.33. The van der Waals surface area contributed by atoms with Crippen LogP contribution in [0.4, 0.5) is 5.95 Å². The number of nitrogens with one attached hydrogen (secondary N) is 1. The van der Waals surface area contributed by atoms with Gasteiger partial charge in [0.1, 0.15) is 17.3 Å². The summed E-state index contributed by atoms with van der Waals surface area (Å²) >= 11 is 0. The summed E-state index contributed by atoms with van der Waals surface area (Å²) < 4.78 is 15.8. The number of hydrogen-bond acceptors (Lipinski definition) is 7. The molecule has 3 aromatic rings. The second-order valence-corrected chi connectivity index (χ2v) is 6.65. The number of methoxy groups -OCH3 is 2. The first kappa shape index (κ1) is 18.7. The van der Waals surface area contributed by atoms with Crippen molar-refractivity contribution >= 4 is 17.6 Å². The fourth-order valence-electron chi connectivity index (χ4n) is 3.34. The van der Waals surface area contributed by atoms with Crippen molar-refractivity contribution in [1.82, 2.24) is 9.97 Å². The van der Waals surface area contributed by atoms with E-state index in [1.165, 1.54) is 20.4 Å². The molecule has 8 heteroatoms. The molecule has 0 saturated heterocycles. The van der Waals surface area contributed by atoms with E-state index < -0.39 is 5.91 Å². The second-order valence-electron chi connectivity index (χ2n) is 6.65. The average Bonchev–Trinajstić information content (AvgIpc) is 3.28. The molecule has 1 aliphatic rings. The lowest BCUT2D eigenvalue weighted by Gasteiger charge is -2.21. The molecule has 0 spiro atoms. The Hall–Kier alpha value is -3.68. The number of furan rings is 1. The molecule has 1 atom stereocenters. The van der Waals surface area contributed by atoms with Crippen LogP contribution in [0.15, 0.2) is 47.2 Å². The van der Waals surface area contributed by atoms with Crippen LogP contribution >= 0.6 is 0 Å². The van der Waals surface area contributed by atoms with Gasteiger partial charge in [0.2, 0.25) is 5.95 Å². The highest BCUT2D eigenvalue weighted by atomic mass is 16.5. The van der Waals surface area contributed by atoms with Gasteiger partial charge in [0.05, 0.1) is 31.7 Å². The lowest BCUT2D eigenvalue weighted by Crippen LogP contribution is -2.22. The first-order valence-electron chi connectivity index (χ1n) is 9.04. The van der Waals surface area contributed by atoms with E-state index in [0.717, 1.165) is 5.76 Å². The van der Waals surface area contributed by atoms with Gasteiger partial charge >= 0.3 is 0 Å². The van der Waals surface area contributed by atoms with Crippen molar-refractivity contribution in [1.29, 1.82) is 0 Å². The number of carbonyl (C=O) groups excluding carboxylic acids is 2. The van der Waals surface area contributed by atoms with Gasteiger partial charge in [-0.1, -0.05) is 0 Å². The summed E-state index contributed by atoms with van der Waals surface area (Å²) in [6.07, 6.45) is 3.93. The standard InChI is InChI=1S/C21H19N3O5/c1-27-14-6-13(7-15(10-14)28-2)20(26)24-21-22-11-16-17(23-21)8-12(9-18(16)25)19-4-3-5-29-19/h3-7,10-12H,8-9H2,1-2H3,(H,22,23,24,26)/t12-/m0/s1. The van der Waals surface area contributed by atoms with Gasteiger partial charge in [-0.15, -0.1) is 0 Å². The molecule has 2 heterocycles. The van der Waals surface area contributed by atoms with Crippen LogP contribution in [0, 0.1) is 0 Å². The van der Waals surface area contributed by atoms with Gasteiger partial charge in [0.15, 0.2) is 5.78 Å². The summed E-state index contributed by atoms with van der Waals surface area (Å²) in [5, 5.41) is 2.67. The molecule has 0 fully saturated rings. The highest BCUT2D eigenvalue weighted by Crippen LogP contribution is 2.32. The van der Waals surface area contributed by atoms with Crippen LogP contribution in [0.1, 0.15) is 44.5 Å². The maximum Gasteiger partial charge on any atom is 0.258 e. The van der Waals surface area contributed by atoms with E-state index in [0.29, 0.717) is 41.2 Å². The number of benzene rings is 1. The monoisotopic (exact) mass is 393 g/mol. The minimum atomic E-state index is -0.410. The molecule has 29 heavy (non-hydrogen) atoms. The SMILES string of the molecule is COc1cc(OC)cc(C(=O)Nc2ncc3c(n2)C[C@H](c2ccco2)CC3=O)c1. The number of aromatic nitrogens is 2. The average molecular weight is 393 g/mol. The number of hydrogen-bond donors (Lipinski definition) is 1. The molecule has 0 unspecified atom stereocenters. The Morgan fingerprint density at radius 3 is 2.59 bits per heavy atom. The van der Waals surface area contributed by atoms with E-state index in [-0.39, 0.29) is 17.6 Å². The minimum absolute atomic E-state index is 0.0388. The summed E-state index contributed by atoms with van der Waals surface area (Å²) in [4.78, 5) is 33.6. The van der Waals surface area contributed by atoms with E-state index >= 15 is 0 Å². The van der Waals surface area contributed by atoms with Gasteiger partial charge < -0.3 is 13.9 Å². The maximum atomic E-state index is 12.6. The molecule has 0 bridgehead atoms. The van der Waals surface area contributed by atoms with Crippen molar-refractivity contribution in [2.75, 3.05) is 19.5 Å². The maximum absolute atomic E-state index is 12.6. The summed E-state index contributed by atoms with van der Waals surface area (Å²) in [7, 11) is 3.02. The minimum Gasteiger partial charge on any atom is -0.497 e. The quantitative estimate of drug-likeness (QED) is 0.709. The number of nitrogens with zero attached hydrogens (tertiary/aromatic N) is 2. The Balaban J connectivity index is 1.57. The van der Waals surface area contributed by atoms with Crippen LogP contribution < -0.4 is 14.8 Å². The lowest BCUT2D eigenvalue weighted by atomic mass is 9.85. The predicted molar refractivity (Wildman–Crippen MR) is 104 cm³/mol. The van der Waals surface area contributed by atoms with Crippen molar-refractivity contribution in [2.45, 2.75) is 18.8 Å². The largest absolute Gasteiger partial charge is 0.497 e. The van der Waals surface area contributed by atoms with Crippen molar-refractivity contribution < 1.29 is 23.5 Å². The molecule has 8 nitrogen and oxygen atoms in total.